The highest BCUT2D eigenvalue weighted by atomic mass is 15.1. The Morgan fingerprint density at radius 3 is 2.39 bits per heavy atom. The second kappa shape index (κ2) is 5.59. The maximum absolute atomic E-state index is 8.88. The first-order valence-corrected chi connectivity index (χ1v) is 7.48. The van der Waals surface area contributed by atoms with Crippen molar-refractivity contribution in [3.8, 4) is 6.07 Å². The lowest BCUT2D eigenvalue weighted by Gasteiger charge is -2.39. The second-order valence-electron chi connectivity index (χ2n) is 6.68. The molecule has 1 aliphatic heterocycles. The zero-order valence-corrected chi connectivity index (χ0v) is 11.7. The summed E-state index contributed by atoms with van der Waals surface area (Å²) in [6, 6.07) is 2.18. The lowest BCUT2D eigenvalue weighted by atomic mass is 9.77. The van der Waals surface area contributed by atoms with Crippen molar-refractivity contribution < 1.29 is 0 Å². The predicted octanol–water partition coefficient (Wildman–Crippen LogP) is 2.66. The van der Waals surface area contributed by atoms with Gasteiger partial charge in [0.15, 0.2) is 0 Å². The molecular formula is C15H27N3. The van der Waals surface area contributed by atoms with E-state index in [9.17, 15) is 0 Å². The lowest BCUT2D eigenvalue weighted by molar-refractivity contribution is 0.106. The Morgan fingerprint density at radius 1 is 1.22 bits per heavy atom. The molecule has 2 rings (SSSR count). The zero-order chi connectivity index (χ0) is 13.1. The van der Waals surface area contributed by atoms with Crippen LogP contribution in [0.5, 0.6) is 0 Å². The van der Waals surface area contributed by atoms with Crippen LogP contribution in [0.4, 0.5) is 0 Å². The van der Waals surface area contributed by atoms with E-state index >= 15 is 0 Å². The van der Waals surface area contributed by atoms with E-state index in [1.165, 1.54) is 51.6 Å². The number of rotatable bonds is 4. The Hall–Kier alpha value is -0.590. The van der Waals surface area contributed by atoms with Crippen LogP contribution >= 0.6 is 0 Å². The van der Waals surface area contributed by atoms with Crippen LogP contribution in [0.2, 0.25) is 0 Å². The minimum Gasteiger partial charge on any atom is -0.314 e. The summed E-state index contributed by atoms with van der Waals surface area (Å²) in [6.07, 6.45) is 10.5. The highest BCUT2D eigenvalue weighted by molar-refractivity contribution is 5.00. The van der Waals surface area contributed by atoms with Crippen LogP contribution in [-0.2, 0) is 0 Å². The molecule has 1 saturated carbocycles. The van der Waals surface area contributed by atoms with E-state index in [4.69, 9.17) is 11.0 Å². The van der Waals surface area contributed by atoms with E-state index in [2.05, 4.69) is 11.0 Å². The fraction of sp³-hybridized carbons (Fsp3) is 0.933. The third kappa shape index (κ3) is 3.46. The zero-order valence-electron chi connectivity index (χ0n) is 11.7. The third-order valence-electron chi connectivity index (χ3n) is 5.01. The molecule has 0 aromatic carbocycles. The molecular weight excluding hydrogens is 222 g/mol. The molecule has 1 atom stereocenters. The van der Waals surface area contributed by atoms with Crippen molar-refractivity contribution in [3.63, 3.8) is 0 Å². The average molecular weight is 249 g/mol. The fourth-order valence-corrected chi connectivity index (χ4v) is 3.60. The largest absolute Gasteiger partial charge is 0.314 e. The van der Waals surface area contributed by atoms with Crippen LogP contribution in [-0.4, -0.2) is 30.1 Å². The summed E-state index contributed by atoms with van der Waals surface area (Å²) in [5.74, 6) is 0. The van der Waals surface area contributed by atoms with Gasteiger partial charge < -0.3 is 10.6 Å². The van der Waals surface area contributed by atoms with Crippen LogP contribution in [0.3, 0.4) is 0 Å². The molecule has 102 valence electrons. The van der Waals surface area contributed by atoms with Gasteiger partial charge in [-0.1, -0.05) is 12.8 Å². The Labute approximate surface area is 111 Å². The SMILES string of the molecule is CC(N)(C#N)CCCN1CCC2(CCCC2)CC1. The van der Waals surface area contributed by atoms with Gasteiger partial charge in [-0.25, -0.2) is 0 Å². The van der Waals surface area contributed by atoms with Gasteiger partial charge in [-0.05, 0) is 70.5 Å². The van der Waals surface area contributed by atoms with Crippen LogP contribution in [0.25, 0.3) is 0 Å². The normalized spacial score (nSPS) is 26.9. The van der Waals surface area contributed by atoms with Gasteiger partial charge >= 0.3 is 0 Å². The summed E-state index contributed by atoms with van der Waals surface area (Å²) >= 11 is 0. The van der Waals surface area contributed by atoms with Crippen LogP contribution < -0.4 is 5.73 Å². The summed E-state index contributed by atoms with van der Waals surface area (Å²) in [7, 11) is 0. The fourth-order valence-electron chi connectivity index (χ4n) is 3.60. The van der Waals surface area contributed by atoms with E-state index in [0.717, 1.165) is 19.4 Å². The molecule has 0 radical (unpaired) electrons. The Balaban J connectivity index is 1.66. The number of piperidine rings is 1. The van der Waals surface area contributed by atoms with Crippen molar-refractivity contribution in [2.75, 3.05) is 19.6 Å². The predicted molar refractivity (Wildman–Crippen MR) is 74.0 cm³/mol. The summed E-state index contributed by atoms with van der Waals surface area (Å²) in [6.45, 7) is 5.46. The number of likely N-dealkylation sites (tertiary alicyclic amines) is 1. The molecule has 18 heavy (non-hydrogen) atoms. The molecule has 0 aromatic heterocycles. The van der Waals surface area contributed by atoms with Gasteiger partial charge in [-0.3, -0.25) is 0 Å². The van der Waals surface area contributed by atoms with Crippen molar-refractivity contribution in [2.45, 2.75) is 63.8 Å². The van der Waals surface area contributed by atoms with Crippen molar-refractivity contribution in [2.24, 2.45) is 11.1 Å². The highest BCUT2D eigenvalue weighted by Gasteiger charge is 2.36. The number of hydrogen-bond acceptors (Lipinski definition) is 3. The molecule has 1 unspecified atom stereocenters. The quantitative estimate of drug-likeness (QED) is 0.833. The molecule has 3 nitrogen and oxygen atoms in total. The molecule has 2 fully saturated rings. The smallest absolute Gasteiger partial charge is 0.101 e. The van der Waals surface area contributed by atoms with Crippen molar-refractivity contribution >= 4 is 0 Å². The van der Waals surface area contributed by atoms with Gasteiger partial charge in [0.25, 0.3) is 0 Å². The topological polar surface area (TPSA) is 53.1 Å². The van der Waals surface area contributed by atoms with Crippen LogP contribution in [0, 0.1) is 16.7 Å². The average Bonchev–Trinajstić information content (AvgIpc) is 2.81. The van der Waals surface area contributed by atoms with E-state index in [1.807, 2.05) is 6.92 Å². The van der Waals surface area contributed by atoms with Crippen molar-refractivity contribution in [1.82, 2.24) is 4.90 Å². The second-order valence-corrected chi connectivity index (χ2v) is 6.68. The first-order valence-electron chi connectivity index (χ1n) is 7.48. The van der Waals surface area contributed by atoms with Crippen molar-refractivity contribution in [3.05, 3.63) is 0 Å². The summed E-state index contributed by atoms with van der Waals surface area (Å²) in [5, 5.41) is 8.88. The summed E-state index contributed by atoms with van der Waals surface area (Å²) in [5.41, 5.74) is 5.92. The Bertz CT molecular complexity index is 300. The first kappa shape index (κ1) is 13.8. The molecule has 0 aromatic rings. The Kier molecular flexibility index (Phi) is 4.29. The minimum absolute atomic E-state index is 0.636. The highest BCUT2D eigenvalue weighted by Crippen LogP contribution is 2.46. The van der Waals surface area contributed by atoms with E-state index in [0.29, 0.717) is 5.41 Å². The molecule has 0 bridgehead atoms. The number of nitrogens with zero attached hydrogens (tertiary/aromatic N) is 2. The van der Waals surface area contributed by atoms with E-state index < -0.39 is 5.54 Å². The molecule has 2 aliphatic rings. The van der Waals surface area contributed by atoms with Gasteiger partial charge in [-0.15, -0.1) is 0 Å². The van der Waals surface area contributed by atoms with Crippen LogP contribution in [0.1, 0.15) is 58.3 Å². The number of nitrogens with two attached hydrogens (primary N) is 1. The van der Waals surface area contributed by atoms with Gasteiger partial charge in [-0.2, -0.15) is 5.26 Å². The summed E-state index contributed by atoms with van der Waals surface area (Å²) < 4.78 is 0. The molecule has 1 spiro atoms. The number of hydrogen-bond donors (Lipinski definition) is 1. The third-order valence-corrected chi connectivity index (χ3v) is 5.01. The maximum atomic E-state index is 8.88. The van der Waals surface area contributed by atoms with Gasteiger partial charge in [0, 0.05) is 0 Å². The van der Waals surface area contributed by atoms with Crippen LogP contribution in [0.15, 0.2) is 0 Å². The summed E-state index contributed by atoms with van der Waals surface area (Å²) in [4.78, 5) is 2.57. The van der Waals surface area contributed by atoms with Gasteiger partial charge in [0.1, 0.15) is 5.54 Å². The molecule has 2 N–H and O–H groups in total. The molecule has 1 aliphatic carbocycles. The van der Waals surface area contributed by atoms with Gasteiger partial charge in [0.05, 0.1) is 6.07 Å². The van der Waals surface area contributed by atoms with E-state index in [1.54, 1.807) is 0 Å². The molecule has 0 amide bonds. The standard InChI is InChI=1S/C15H27N3/c1-14(17,13-16)5-4-10-18-11-8-15(9-12-18)6-2-3-7-15/h2-12,17H2,1H3. The Morgan fingerprint density at radius 2 is 1.83 bits per heavy atom. The van der Waals surface area contributed by atoms with E-state index in [-0.39, 0.29) is 0 Å². The van der Waals surface area contributed by atoms with Gasteiger partial charge in [0.2, 0.25) is 0 Å². The molecule has 1 heterocycles. The lowest BCUT2D eigenvalue weighted by Crippen LogP contribution is -2.40. The van der Waals surface area contributed by atoms with Crippen molar-refractivity contribution in [1.29, 1.82) is 5.26 Å². The minimum atomic E-state index is -0.636. The first-order chi connectivity index (χ1) is 8.55. The maximum Gasteiger partial charge on any atom is 0.101 e. The molecule has 3 heteroatoms. The number of nitriles is 1. The molecule has 1 saturated heterocycles. The monoisotopic (exact) mass is 249 g/mol.